The summed E-state index contributed by atoms with van der Waals surface area (Å²) in [5, 5.41) is 2.39. The molecule has 0 aliphatic heterocycles. The molecule has 2 heterocycles. The lowest BCUT2D eigenvalue weighted by Crippen LogP contribution is -2.03. The smallest absolute Gasteiger partial charge is 0.165 e. The van der Waals surface area contributed by atoms with E-state index in [9.17, 15) is 0 Å². The molecule has 0 amide bonds. The molecule has 3 nitrogen and oxygen atoms in total. The van der Waals surface area contributed by atoms with Crippen molar-refractivity contribution >= 4 is 32.8 Å². The van der Waals surface area contributed by atoms with Crippen LogP contribution in [0.3, 0.4) is 0 Å². The highest BCUT2D eigenvalue weighted by atomic mass is 15.1. The maximum atomic E-state index is 5.26. The summed E-state index contributed by atoms with van der Waals surface area (Å²) in [4.78, 5) is 10.5. The van der Waals surface area contributed by atoms with Crippen molar-refractivity contribution < 1.29 is 0 Å². The average molecular weight is 524 g/mol. The molecular weight excluding hydrogens is 498 g/mol. The Morgan fingerprint density at radius 3 is 1.61 bits per heavy atom. The van der Waals surface area contributed by atoms with Crippen LogP contribution in [0.25, 0.3) is 72.2 Å². The molecule has 0 N–H and O–H groups in total. The third-order valence-electron chi connectivity index (χ3n) is 7.81. The van der Waals surface area contributed by atoms with E-state index in [1.54, 1.807) is 0 Å². The van der Waals surface area contributed by atoms with Crippen LogP contribution in [0.4, 0.5) is 0 Å². The molecule has 3 heteroatoms. The zero-order chi connectivity index (χ0) is 27.2. The first-order valence-electron chi connectivity index (χ1n) is 13.9. The van der Waals surface area contributed by atoms with Gasteiger partial charge in [-0.3, -0.25) is 4.57 Å². The van der Waals surface area contributed by atoms with E-state index in [-0.39, 0.29) is 0 Å². The van der Waals surface area contributed by atoms with Crippen LogP contribution in [0.2, 0.25) is 0 Å². The van der Waals surface area contributed by atoms with E-state index >= 15 is 0 Å². The second-order valence-corrected chi connectivity index (χ2v) is 10.3. The van der Waals surface area contributed by atoms with Crippen LogP contribution in [0.1, 0.15) is 0 Å². The third-order valence-corrected chi connectivity index (χ3v) is 7.81. The van der Waals surface area contributed by atoms with E-state index < -0.39 is 0 Å². The van der Waals surface area contributed by atoms with Crippen molar-refractivity contribution in [3.8, 4) is 39.3 Å². The van der Waals surface area contributed by atoms with Gasteiger partial charge in [0.15, 0.2) is 5.82 Å². The molecular formula is C38H25N3. The predicted molar refractivity (Wildman–Crippen MR) is 170 cm³/mol. The molecule has 0 aliphatic rings. The molecule has 0 atom stereocenters. The molecule has 2 aromatic heterocycles. The van der Waals surface area contributed by atoms with E-state index in [1.807, 2.05) is 30.3 Å². The Kier molecular flexibility index (Phi) is 5.46. The Morgan fingerprint density at radius 2 is 0.878 bits per heavy atom. The Hall–Kier alpha value is -5.54. The van der Waals surface area contributed by atoms with Crippen LogP contribution in [0.15, 0.2) is 152 Å². The molecule has 0 aliphatic carbocycles. The fraction of sp³-hybridized carbons (Fsp3) is 0. The molecule has 0 saturated carbocycles. The quantitative estimate of drug-likeness (QED) is 0.230. The highest BCUT2D eigenvalue weighted by Gasteiger charge is 2.19. The maximum absolute atomic E-state index is 5.26. The lowest BCUT2D eigenvalue weighted by molar-refractivity contribution is 1.08. The predicted octanol–water partition coefficient (Wildman–Crippen LogP) is 9.73. The molecule has 0 fully saturated rings. The molecule has 0 unspecified atom stereocenters. The van der Waals surface area contributed by atoms with Crippen molar-refractivity contribution in [1.29, 1.82) is 0 Å². The molecule has 0 saturated heterocycles. The number of hydrogen-bond donors (Lipinski definition) is 0. The van der Waals surface area contributed by atoms with Crippen molar-refractivity contribution in [3.63, 3.8) is 0 Å². The first-order chi connectivity index (χ1) is 20.3. The van der Waals surface area contributed by atoms with Crippen molar-refractivity contribution in [1.82, 2.24) is 14.5 Å². The van der Waals surface area contributed by atoms with Gasteiger partial charge in [0, 0.05) is 16.3 Å². The minimum Gasteiger partial charge on any atom is -0.292 e. The Morgan fingerprint density at radius 1 is 0.366 bits per heavy atom. The van der Waals surface area contributed by atoms with Crippen LogP contribution in [0.5, 0.6) is 0 Å². The van der Waals surface area contributed by atoms with Gasteiger partial charge in [-0.15, -0.1) is 0 Å². The number of para-hydroxylation sites is 3. The van der Waals surface area contributed by atoms with Gasteiger partial charge >= 0.3 is 0 Å². The van der Waals surface area contributed by atoms with Gasteiger partial charge in [0.2, 0.25) is 0 Å². The summed E-state index contributed by atoms with van der Waals surface area (Å²) in [6.07, 6.45) is 0. The number of aromatic nitrogens is 3. The van der Waals surface area contributed by atoms with Gasteiger partial charge in [-0.2, -0.15) is 0 Å². The fourth-order valence-electron chi connectivity index (χ4n) is 5.80. The van der Waals surface area contributed by atoms with Gasteiger partial charge in [0.05, 0.1) is 22.1 Å². The molecule has 0 spiro atoms. The minimum absolute atomic E-state index is 0.829. The zero-order valence-corrected chi connectivity index (χ0v) is 22.3. The van der Waals surface area contributed by atoms with Crippen LogP contribution in [-0.4, -0.2) is 14.5 Å². The topological polar surface area (TPSA) is 30.7 Å². The number of nitrogens with zero attached hydrogens (tertiary/aromatic N) is 3. The van der Waals surface area contributed by atoms with Gasteiger partial charge in [-0.05, 0) is 52.6 Å². The molecule has 8 rings (SSSR count). The Labute approximate surface area is 238 Å². The first-order valence-corrected chi connectivity index (χ1v) is 13.9. The average Bonchev–Trinajstić information content (AvgIpc) is 3.38. The second-order valence-electron chi connectivity index (χ2n) is 10.3. The van der Waals surface area contributed by atoms with Crippen LogP contribution >= 0.6 is 0 Å². The van der Waals surface area contributed by atoms with Crippen molar-refractivity contribution in [2.24, 2.45) is 0 Å². The van der Waals surface area contributed by atoms with Crippen LogP contribution in [0, 0.1) is 0 Å². The van der Waals surface area contributed by atoms with Gasteiger partial charge < -0.3 is 0 Å². The number of fused-ring (bicyclic) bond motifs is 4. The van der Waals surface area contributed by atoms with E-state index in [0.717, 1.165) is 39.1 Å². The summed E-state index contributed by atoms with van der Waals surface area (Å²) in [5.41, 5.74) is 10.6. The largest absolute Gasteiger partial charge is 0.292 e. The van der Waals surface area contributed by atoms with Crippen LogP contribution in [-0.2, 0) is 0 Å². The Balaban J connectivity index is 1.39. The molecule has 0 bridgehead atoms. The monoisotopic (exact) mass is 523 g/mol. The van der Waals surface area contributed by atoms with Gasteiger partial charge in [0.1, 0.15) is 5.69 Å². The van der Waals surface area contributed by atoms with E-state index in [2.05, 4.69) is 126 Å². The van der Waals surface area contributed by atoms with Crippen molar-refractivity contribution in [2.75, 3.05) is 0 Å². The molecule has 41 heavy (non-hydrogen) atoms. The Bertz CT molecular complexity index is 2180. The lowest BCUT2D eigenvalue weighted by atomic mass is 10.0. The van der Waals surface area contributed by atoms with Crippen molar-refractivity contribution in [3.05, 3.63) is 152 Å². The van der Waals surface area contributed by atoms with E-state index in [0.29, 0.717) is 0 Å². The number of hydrogen-bond acceptors (Lipinski definition) is 2. The summed E-state index contributed by atoms with van der Waals surface area (Å²) >= 11 is 0. The zero-order valence-electron chi connectivity index (χ0n) is 22.3. The summed E-state index contributed by atoms with van der Waals surface area (Å²) in [5.74, 6) is 0.829. The summed E-state index contributed by atoms with van der Waals surface area (Å²) < 4.78 is 2.28. The normalized spacial score (nSPS) is 11.4. The van der Waals surface area contributed by atoms with E-state index in [4.69, 9.17) is 9.97 Å². The minimum atomic E-state index is 0.829. The molecule has 192 valence electrons. The van der Waals surface area contributed by atoms with Gasteiger partial charge in [-0.1, -0.05) is 121 Å². The first kappa shape index (κ1) is 23.4. The third kappa shape index (κ3) is 3.98. The summed E-state index contributed by atoms with van der Waals surface area (Å²) in [6.45, 7) is 0. The molecule has 0 radical (unpaired) electrons. The number of benzene rings is 6. The lowest BCUT2D eigenvalue weighted by Gasteiger charge is -2.14. The highest BCUT2D eigenvalue weighted by molar-refractivity contribution is 6.10. The van der Waals surface area contributed by atoms with Gasteiger partial charge in [-0.25, -0.2) is 9.97 Å². The molecule has 8 aromatic rings. The standard InChI is InChI=1S/C38H25N3/c1-3-11-26(12-4-1)28-19-21-29(22-20-28)37-38(40-34-17-9-8-16-33(34)39-37)41-35-18-10-7-15-31(35)32-25-30(23-24-36(32)41)27-13-5-2-6-14-27/h1-25H. The summed E-state index contributed by atoms with van der Waals surface area (Å²) in [7, 11) is 0. The van der Waals surface area contributed by atoms with Crippen LogP contribution < -0.4 is 0 Å². The highest BCUT2D eigenvalue weighted by Crippen LogP contribution is 2.37. The van der Waals surface area contributed by atoms with Crippen molar-refractivity contribution in [2.45, 2.75) is 0 Å². The van der Waals surface area contributed by atoms with E-state index in [1.165, 1.54) is 33.0 Å². The van der Waals surface area contributed by atoms with Gasteiger partial charge in [0.25, 0.3) is 0 Å². The maximum Gasteiger partial charge on any atom is 0.165 e. The second kappa shape index (κ2) is 9.58. The molecule has 6 aromatic carbocycles. The summed E-state index contributed by atoms with van der Waals surface area (Å²) in [6, 6.07) is 53.1. The fourth-order valence-corrected chi connectivity index (χ4v) is 5.80. The number of rotatable bonds is 4. The SMILES string of the molecule is c1ccc(-c2ccc(-c3nc4ccccc4nc3-n3c4ccccc4c4cc(-c5ccccc5)ccc43)cc2)cc1.